The molecule has 2 nitrogen and oxygen atoms in total. The first kappa shape index (κ1) is 16.7. The highest BCUT2D eigenvalue weighted by atomic mass is 35.5. The number of nitrogens with one attached hydrogen (secondary N) is 1. The van der Waals surface area contributed by atoms with E-state index in [2.05, 4.69) is 12.2 Å². The van der Waals surface area contributed by atoms with Crippen LogP contribution < -0.4 is 5.32 Å². The number of carbonyl (C=O) groups is 1. The Balaban J connectivity index is 1.44. The monoisotopic (exact) mass is 365 g/mol. The van der Waals surface area contributed by atoms with Gasteiger partial charge in [0.25, 0.3) is 0 Å². The van der Waals surface area contributed by atoms with Gasteiger partial charge in [0.15, 0.2) is 0 Å². The highest BCUT2D eigenvalue weighted by Gasteiger charge is 2.53. The molecule has 0 saturated heterocycles. The van der Waals surface area contributed by atoms with E-state index in [1.165, 1.54) is 38.5 Å². The second-order valence-electron chi connectivity index (χ2n) is 8.45. The predicted octanol–water partition coefficient (Wildman–Crippen LogP) is 5.26. The first-order chi connectivity index (χ1) is 11.4. The lowest BCUT2D eigenvalue weighted by Gasteiger charge is -2.59. The molecule has 1 N–H and O–H groups in total. The van der Waals surface area contributed by atoms with Gasteiger partial charge in [-0.25, -0.2) is 0 Å². The Labute approximate surface area is 154 Å². The summed E-state index contributed by atoms with van der Waals surface area (Å²) in [6.07, 6.45) is 8.43. The van der Waals surface area contributed by atoms with Gasteiger partial charge in [0.2, 0.25) is 5.91 Å². The van der Waals surface area contributed by atoms with Crippen LogP contribution in [0.5, 0.6) is 0 Å². The molecule has 0 spiro atoms. The second kappa shape index (κ2) is 6.21. The maximum atomic E-state index is 12.6. The number of hydrogen-bond donors (Lipinski definition) is 1. The second-order valence-corrected chi connectivity index (χ2v) is 9.26. The zero-order valence-corrected chi connectivity index (χ0v) is 15.7. The molecule has 0 radical (unpaired) electrons. The first-order valence-corrected chi connectivity index (χ1v) is 9.93. The number of carbonyl (C=O) groups excluding carboxylic acids is 1. The number of benzene rings is 1. The van der Waals surface area contributed by atoms with Crippen LogP contribution in [0.3, 0.4) is 0 Å². The molecule has 4 fully saturated rings. The molecule has 0 aromatic heterocycles. The standard InChI is InChI=1S/C20H25Cl2NO/c1-12(20-9-13-5-14(10-20)7-15(6-13)11-20)23-19(24)8-16-17(21)3-2-4-18(16)22/h2-4,12-15H,5-11H2,1H3,(H,23,24)/t12-,13?,14?,15?,20?/m0/s1. The number of rotatable bonds is 4. The Morgan fingerprint density at radius 3 is 2.12 bits per heavy atom. The molecular weight excluding hydrogens is 341 g/mol. The largest absolute Gasteiger partial charge is 0.353 e. The fourth-order valence-electron chi connectivity index (χ4n) is 6.02. The minimum Gasteiger partial charge on any atom is -0.353 e. The van der Waals surface area contributed by atoms with Gasteiger partial charge in [-0.1, -0.05) is 29.3 Å². The van der Waals surface area contributed by atoms with Gasteiger partial charge in [-0.05, 0) is 86.3 Å². The van der Waals surface area contributed by atoms with Crippen molar-refractivity contribution in [3.63, 3.8) is 0 Å². The highest BCUT2D eigenvalue weighted by Crippen LogP contribution is 2.61. The Morgan fingerprint density at radius 2 is 1.62 bits per heavy atom. The van der Waals surface area contributed by atoms with Crippen molar-refractivity contribution in [1.29, 1.82) is 0 Å². The van der Waals surface area contributed by atoms with E-state index in [-0.39, 0.29) is 18.4 Å². The smallest absolute Gasteiger partial charge is 0.224 e. The van der Waals surface area contributed by atoms with Gasteiger partial charge in [-0.3, -0.25) is 4.79 Å². The van der Waals surface area contributed by atoms with Crippen LogP contribution in [-0.2, 0) is 11.2 Å². The maximum Gasteiger partial charge on any atom is 0.224 e. The average molecular weight is 366 g/mol. The van der Waals surface area contributed by atoms with Crippen LogP contribution in [0, 0.1) is 23.2 Å². The minimum atomic E-state index is 0.0354. The molecular formula is C20H25Cl2NO. The fraction of sp³-hybridized carbons (Fsp3) is 0.650. The third-order valence-corrected chi connectivity index (χ3v) is 7.49. The van der Waals surface area contributed by atoms with Crippen molar-refractivity contribution in [3.8, 4) is 0 Å². The summed E-state index contributed by atoms with van der Waals surface area (Å²) in [6.45, 7) is 2.21. The summed E-state index contributed by atoms with van der Waals surface area (Å²) in [5.41, 5.74) is 1.06. The van der Waals surface area contributed by atoms with Crippen LogP contribution in [0.15, 0.2) is 18.2 Å². The van der Waals surface area contributed by atoms with E-state index in [4.69, 9.17) is 23.2 Å². The molecule has 4 aliphatic carbocycles. The summed E-state index contributed by atoms with van der Waals surface area (Å²) in [6, 6.07) is 5.63. The quantitative estimate of drug-likeness (QED) is 0.774. The van der Waals surface area contributed by atoms with Gasteiger partial charge in [0.1, 0.15) is 0 Å². The van der Waals surface area contributed by atoms with Crippen molar-refractivity contribution < 1.29 is 4.79 Å². The third-order valence-electron chi connectivity index (χ3n) is 6.78. The molecule has 4 heteroatoms. The van der Waals surface area contributed by atoms with Crippen LogP contribution >= 0.6 is 23.2 Å². The Hall–Kier alpha value is -0.730. The SMILES string of the molecule is C[C@H](NC(=O)Cc1c(Cl)cccc1Cl)C12CC3CC(CC(C3)C1)C2. The molecule has 1 aromatic carbocycles. The predicted molar refractivity (Wildman–Crippen MR) is 98.4 cm³/mol. The summed E-state index contributed by atoms with van der Waals surface area (Å²) in [7, 11) is 0. The molecule has 4 saturated carbocycles. The van der Waals surface area contributed by atoms with E-state index < -0.39 is 0 Å². The van der Waals surface area contributed by atoms with E-state index in [9.17, 15) is 4.79 Å². The molecule has 0 aliphatic heterocycles. The summed E-state index contributed by atoms with van der Waals surface area (Å²) in [4.78, 5) is 12.6. The van der Waals surface area contributed by atoms with Crippen molar-refractivity contribution in [2.24, 2.45) is 23.2 Å². The summed E-state index contributed by atoms with van der Waals surface area (Å²) in [5, 5.41) is 4.42. The maximum absolute atomic E-state index is 12.6. The van der Waals surface area contributed by atoms with Crippen LogP contribution in [0.4, 0.5) is 0 Å². The molecule has 5 rings (SSSR count). The van der Waals surface area contributed by atoms with Gasteiger partial charge in [0, 0.05) is 16.1 Å². The van der Waals surface area contributed by atoms with E-state index in [1.807, 2.05) is 6.07 Å². The molecule has 24 heavy (non-hydrogen) atoms. The highest BCUT2D eigenvalue weighted by molar-refractivity contribution is 6.36. The molecule has 4 aliphatic rings. The van der Waals surface area contributed by atoms with Crippen LogP contribution in [0.25, 0.3) is 0 Å². The van der Waals surface area contributed by atoms with Gasteiger partial charge in [-0.15, -0.1) is 0 Å². The molecule has 4 bridgehead atoms. The van der Waals surface area contributed by atoms with Crippen LogP contribution in [-0.4, -0.2) is 11.9 Å². The fourth-order valence-corrected chi connectivity index (χ4v) is 6.55. The lowest BCUT2D eigenvalue weighted by Crippen LogP contribution is -2.56. The molecule has 0 heterocycles. The summed E-state index contributed by atoms with van der Waals surface area (Å²) in [5.74, 6) is 2.73. The van der Waals surface area contributed by atoms with Gasteiger partial charge in [0.05, 0.1) is 6.42 Å². The topological polar surface area (TPSA) is 29.1 Å². The number of amides is 1. The van der Waals surface area contributed by atoms with Crippen molar-refractivity contribution >= 4 is 29.1 Å². The Morgan fingerprint density at radius 1 is 1.12 bits per heavy atom. The van der Waals surface area contributed by atoms with Crippen molar-refractivity contribution in [2.75, 3.05) is 0 Å². The average Bonchev–Trinajstić information content (AvgIpc) is 2.49. The van der Waals surface area contributed by atoms with E-state index in [0.717, 1.165) is 23.3 Å². The Kier molecular flexibility index (Phi) is 4.33. The minimum absolute atomic E-state index is 0.0354. The third kappa shape index (κ3) is 2.97. The van der Waals surface area contributed by atoms with Crippen molar-refractivity contribution in [3.05, 3.63) is 33.8 Å². The van der Waals surface area contributed by atoms with Gasteiger partial charge >= 0.3 is 0 Å². The molecule has 1 aromatic rings. The number of halogens is 2. The summed E-state index contributed by atoms with van der Waals surface area (Å²) >= 11 is 12.4. The van der Waals surface area contributed by atoms with Gasteiger partial charge < -0.3 is 5.32 Å². The van der Waals surface area contributed by atoms with Crippen molar-refractivity contribution in [1.82, 2.24) is 5.32 Å². The summed E-state index contributed by atoms with van der Waals surface area (Å²) < 4.78 is 0. The van der Waals surface area contributed by atoms with E-state index >= 15 is 0 Å². The zero-order chi connectivity index (χ0) is 16.9. The van der Waals surface area contributed by atoms with E-state index in [1.54, 1.807) is 12.1 Å². The van der Waals surface area contributed by atoms with Crippen molar-refractivity contribution in [2.45, 2.75) is 57.9 Å². The zero-order valence-electron chi connectivity index (χ0n) is 14.2. The van der Waals surface area contributed by atoms with E-state index in [0.29, 0.717) is 15.5 Å². The molecule has 0 unspecified atom stereocenters. The lowest BCUT2D eigenvalue weighted by atomic mass is 9.48. The van der Waals surface area contributed by atoms with Crippen LogP contribution in [0.1, 0.15) is 51.0 Å². The van der Waals surface area contributed by atoms with Crippen LogP contribution in [0.2, 0.25) is 10.0 Å². The molecule has 1 atom stereocenters. The Bertz CT molecular complexity index is 602. The normalized spacial score (nSPS) is 35.0. The first-order valence-electron chi connectivity index (χ1n) is 9.17. The number of hydrogen-bond acceptors (Lipinski definition) is 1. The lowest BCUT2D eigenvalue weighted by molar-refractivity contribution is -0.125. The molecule has 130 valence electrons. The van der Waals surface area contributed by atoms with Gasteiger partial charge in [-0.2, -0.15) is 0 Å². The molecule has 1 amide bonds.